The molecule has 128 valence electrons. The highest BCUT2D eigenvalue weighted by molar-refractivity contribution is 8.00. The summed E-state index contributed by atoms with van der Waals surface area (Å²) in [6, 6.07) is 17.6. The summed E-state index contributed by atoms with van der Waals surface area (Å²) in [4.78, 5) is 12.4. The molecule has 0 bridgehead atoms. The molecule has 5 nitrogen and oxygen atoms in total. The third-order valence-electron chi connectivity index (χ3n) is 3.84. The first kappa shape index (κ1) is 17.2. The number of hydrogen-bond acceptors (Lipinski definition) is 4. The molecule has 1 aromatic heterocycles. The number of aryl methyl sites for hydroxylation is 1. The summed E-state index contributed by atoms with van der Waals surface area (Å²) in [5.74, 6) is 0.731. The molecule has 1 atom stereocenters. The maximum Gasteiger partial charge on any atom is 0.237 e. The number of hydrogen-bond donors (Lipinski definition) is 1. The lowest BCUT2D eigenvalue weighted by atomic mass is 10.1. The van der Waals surface area contributed by atoms with Crippen LogP contribution in [0.25, 0.3) is 11.4 Å². The Bertz CT molecular complexity index is 859. The SMILES string of the molecule is Cc1ccc(-c2nnc(SC(C)C(=O)Nc3ccccc3)n2C)cc1. The number of carbonyl (C=O) groups is 1. The zero-order valence-electron chi connectivity index (χ0n) is 14.4. The number of nitrogens with one attached hydrogen (secondary N) is 1. The highest BCUT2D eigenvalue weighted by atomic mass is 32.2. The van der Waals surface area contributed by atoms with Crippen LogP contribution in [0.5, 0.6) is 0 Å². The van der Waals surface area contributed by atoms with Crippen molar-refractivity contribution in [3.63, 3.8) is 0 Å². The molecular weight excluding hydrogens is 332 g/mol. The minimum Gasteiger partial charge on any atom is -0.325 e. The standard InChI is InChI=1S/C19H20N4OS/c1-13-9-11-15(12-10-13)17-21-22-19(23(17)3)25-14(2)18(24)20-16-7-5-4-6-8-16/h4-12,14H,1-3H3,(H,20,24). The summed E-state index contributed by atoms with van der Waals surface area (Å²) in [7, 11) is 1.92. The smallest absolute Gasteiger partial charge is 0.237 e. The van der Waals surface area contributed by atoms with Gasteiger partial charge in [-0.2, -0.15) is 0 Å². The van der Waals surface area contributed by atoms with Gasteiger partial charge in [-0.1, -0.05) is 59.8 Å². The molecule has 3 rings (SSSR count). The monoisotopic (exact) mass is 352 g/mol. The summed E-state index contributed by atoms with van der Waals surface area (Å²) in [6.45, 7) is 3.91. The average Bonchev–Trinajstić information content (AvgIpc) is 2.97. The van der Waals surface area contributed by atoms with E-state index in [2.05, 4.69) is 22.4 Å². The molecule has 0 aliphatic heterocycles. The maximum atomic E-state index is 12.4. The van der Waals surface area contributed by atoms with Crippen LogP contribution < -0.4 is 5.32 Å². The topological polar surface area (TPSA) is 59.8 Å². The van der Waals surface area contributed by atoms with Gasteiger partial charge >= 0.3 is 0 Å². The quantitative estimate of drug-likeness (QED) is 0.707. The normalized spacial score (nSPS) is 12.0. The fourth-order valence-electron chi connectivity index (χ4n) is 2.35. The number of para-hydroxylation sites is 1. The van der Waals surface area contributed by atoms with Crippen molar-refractivity contribution in [1.29, 1.82) is 0 Å². The number of benzene rings is 2. The van der Waals surface area contributed by atoms with Crippen LogP contribution in [0.15, 0.2) is 59.8 Å². The van der Waals surface area contributed by atoms with E-state index in [-0.39, 0.29) is 11.2 Å². The van der Waals surface area contributed by atoms with Crippen LogP contribution in [0.2, 0.25) is 0 Å². The lowest BCUT2D eigenvalue weighted by Crippen LogP contribution is -2.22. The molecule has 0 saturated carbocycles. The highest BCUT2D eigenvalue weighted by Crippen LogP contribution is 2.26. The van der Waals surface area contributed by atoms with Gasteiger partial charge in [-0.15, -0.1) is 10.2 Å². The van der Waals surface area contributed by atoms with Crippen molar-refractivity contribution in [3.05, 3.63) is 60.2 Å². The molecule has 0 aliphatic carbocycles. The second-order valence-electron chi connectivity index (χ2n) is 5.85. The second-order valence-corrected chi connectivity index (χ2v) is 7.15. The molecule has 6 heteroatoms. The number of carbonyl (C=O) groups excluding carboxylic acids is 1. The van der Waals surface area contributed by atoms with Crippen LogP contribution in [0, 0.1) is 6.92 Å². The first-order chi connectivity index (χ1) is 12.0. The predicted octanol–water partition coefficient (Wildman–Crippen LogP) is 3.91. The van der Waals surface area contributed by atoms with E-state index in [9.17, 15) is 4.79 Å². The third-order valence-corrected chi connectivity index (χ3v) is 4.97. The number of amides is 1. The van der Waals surface area contributed by atoms with E-state index in [0.717, 1.165) is 17.1 Å². The molecule has 2 aromatic carbocycles. The van der Waals surface area contributed by atoms with Crippen LogP contribution in [-0.2, 0) is 11.8 Å². The molecule has 0 spiro atoms. The Kier molecular flexibility index (Phi) is 5.19. The van der Waals surface area contributed by atoms with Crippen LogP contribution in [0.3, 0.4) is 0 Å². The van der Waals surface area contributed by atoms with Crippen LogP contribution in [-0.4, -0.2) is 25.9 Å². The fourth-order valence-corrected chi connectivity index (χ4v) is 3.16. The van der Waals surface area contributed by atoms with Crippen molar-refractivity contribution < 1.29 is 4.79 Å². The molecule has 3 aromatic rings. The Morgan fingerprint density at radius 3 is 2.44 bits per heavy atom. The van der Waals surface area contributed by atoms with Gasteiger partial charge in [-0.25, -0.2) is 0 Å². The Morgan fingerprint density at radius 2 is 1.76 bits per heavy atom. The van der Waals surface area contributed by atoms with Gasteiger partial charge in [-0.3, -0.25) is 4.79 Å². The van der Waals surface area contributed by atoms with Gasteiger partial charge in [0.15, 0.2) is 11.0 Å². The molecule has 1 N–H and O–H groups in total. The molecule has 1 unspecified atom stereocenters. The minimum absolute atomic E-state index is 0.0592. The van der Waals surface area contributed by atoms with Gasteiger partial charge in [0, 0.05) is 18.3 Å². The summed E-state index contributed by atoms with van der Waals surface area (Å²) >= 11 is 1.39. The number of thioether (sulfide) groups is 1. The molecule has 1 amide bonds. The van der Waals surface area contributed by atoms with Gasteiger partial charge in [0.25, 0.3) is 0 Å². The van der Waals surface area contributed by atoms with Crippen molar-refractivity contribution in [2.24, 2.45) is 7.05 Å². The Morgan fingerprint density at radius 1 is 1.08 bits per heavy atom. The van der Waals surface area contributed by atoms with Gasteiger partial charge in [0.2, 0.25) is 5.91 Å². The van der Waals surface area contributed by atoms with E-state index in [1.54, 1.807) is 0 Å². The van der Waals surface area contributed by atoms with Gasteiger partial charge in [-0.05, 0) is 26.0 Å². The summed E-state index contributed by atoms with van der Waals surface area (Å²) in [6.07, 6.45) is 0. The van der Waals surface area contributed by atoms with Crippen molar-refractivity contribution in [1.82, 2.24) is 14.8 Å². The van der Waals surface area contributed by atoms with Crippen molar-refractivity contribution in [2.45, 2.75) is 24.3 Å². The van der Waals surface area contributed by atoms with Crippen molar-refractivity contribution in [3.8, 4) is 11.4 Å². The van der Waals surface area contributed by atoms with E-state index in [0.29, 0.717) is 5.16 Å². The summed E-state index contributed by atoms with van der Waals surface area (Å²) in [5.41, 5.74) is 3.00. The van der Waals surface area contributed by atoms with Crippen LogP contribution in [0.1, 0.15) is 12.5 Å². The van der Waals surface area contributed by atoms with E-state index in [1.807, 2.05) is 73.1 Å². The van der Waals surface area contributed by atoms with Gasteiger partial charge in [0.05, 0.1) is 5.25 Å². The molecule has 0 aliphatic rings. The molecule has 0 saturated heterocycles. The molecule has 0 fully saturated rings. The fraction of sp³-hybridized carbons (Fsp3) is 0.211. The lowest BCUT2D eigenvalue weighted by Gasteiger charge is -2.11. The summed E-state index contributed by atoms with van der Waals surface area (Å²) in [5, 5.41) is 11.9. The maximum absolute atomic E-state index is 12.4. The Hall–Kier alpha value is -2.60. The zero-order chi connectivity index (χ0) is 17.8. The minimum atomic E-state index is -0.283. The van der Waals surface area contributed by atoms with Crippen LogP contribution >= 0.6 is 11.8 Å². The number of aromatic nitrogens is 3. The van der Waals surface area contributed by atoms with Crippen LogP contribution in [0.4, 0.5) is 5.69 Å². The average molecular weight is 352 g/mol. The summed E-state index contributed by atoms with van der Waals surface area (Å²) < 4.78 is 1.92. The van der Waals surface area contributed by atoms with Crippen molar-refractivity contribution >= 4 is 23.4 Å². The highest BCUT2D eigenvalue weighted by Gasteiger charge is 2.19. The first-order valence-corrected chi connectivity index (χ1v) is 8.91. The van der Waals surface area contributed by atoms with E-state index < -0.39 is 0 Å². The first-order valence-electron chi connectivity index (χ1n) is 8.03. The molecule has 25 heavy (non-hydrogen) atoms. The largest absolute Gasteiger partial charge is 0.325 e. The second kappa shape index (κ2) is 7.53. The van der Waals surface area contributed by atoms with E-state index in [1.165, 1.54) is 17.3 Å². The van der Waals surface area contributed by atoms with Gasteiger partial charge in [0.1, 0.15) is 0 Å². The van der Waals surface area contributed by atoms with E-state index >= 15 is 0 Å². The number of anilines is 1. The lowest BCUT2D eigenvalue weighted by molar-refractivity contribution is -0.115. The molecule has 0 radical (unpaired) electrons. The number of nitrogens with zero attached hydrogens (tertiary/aromatic N) is 3. The molecule has 1 heterocycles. The third kappa shape index (κ3) is 4.09. The van der Waals surface area contributed by atoms with E-state index in [4.69, 9.17) is 0 Å². The number of rotatable bonds is 5. The Labute approximate surface area is 151 Å². The predicted molar refractivity (Wildman–Crippen MR) is 102 cm³/mol. The Balaban J connectivity index is 1.70. The van der Waals surface area contributed by atoms with Gasteiger partial charge < -0.3 is 9.88 Å². The molecular formula is C19H20N4OS. The zero-order valence-corrected chi connectivity index (χ0v) is 15.2. The van der Waals surface area contributed by atoms with Crippen molar-refractivity contribution in [2.75, 3.05) is 5.32 Å².